The molecule has 2 aliphatic rings. The van der Waals surface area contributed by atoms with Crippen LogP contribution in [0.5, 0.6) is 0 Å². The third-order valence-corrected chi connectivity index (χ3v) is 3.70. The minimum absolute atomic E-state index is 0.163. The Hall–Kier alpha value is -0.450. The standard InChI is InChI=1S/C11H10BrFO2/c12-8-1-2-9(13)7-3-4-11(10(7)8)14-5-6-15-11/h1-2H,3-6H2. The van der Waals surface area contributed by atoms with Gasteiger partial charge in [-0.05, 0) is 24.1 Å². The molecule has 1 aromatic carbocycles. The molecule has 1 spiro atoms. The van der Waals surface area contributed by atoms with Gasteiger partial charge in [0.2, 0.25) is 0 Å². The van der Waals surface area contributed by atoms with Crippen LogP contribution in [0.2, 0.25) is 0 Å². The summed E-state index contributed by atoms with van der Waals surface area (Å²) in [5.41, 5.74) is 1.58. The molecule has 3 rings (SSSR count). The molecule has 1 aromatic rings. The second-order valence-corrected chi connectivity index (χ2v) is 4.69. The molecule has 0 N–H and O–H groups in total. The summed E-state index contributed by atoms with van der Waals surface area (Å²) in [6, 6.07) is 3.20. The molecule has 1 saturated heterocycles. The van der Waals surface area contributed by atoms with Crippen LogP contribution in [-0.2, 0) is 21.7 Å². The fourth-order valence-electron chi connectivity index (χ4n) is 2.41. The van der Waals surface area contributed by atoms with Crippen LogP contribution >= 0.6 is 15.9 Å². The van der Waals surface area contributed by atoms with Crippen molar-refractivity contribution < 1.29 is 13.9 Å². The van der Waals surface area contributed by atoms with E-state index in [0.717, 1.165) is 15.6 Å². The smallest absolute Gasteiger partial charge is 0.196 e. The first-order valence-corrected chi connectivity index (χ1v) is 5.77. The summed E-state index contributed by atoms with van der Waals surface area (Å²) in [6.07, 6.45) is 1.39. The summed E-state index contributed by atoms with van der Waals surface area (Å²) in [6.45, 7) is 1.17. The van der Waals surface area contributed by atoms with Crippen LogP contribution in [-0.4, -0.2) is 13.2 Å². The number of hydrogen-bond donors (Lipinski definition) is 0. The third kappa shape index (κ3) is 1.28. The fraction of sp³-hybridized carbons (Fsp3) is 0.455. The SMILES string of the molecule is Fc1ccc(Br)c2c1CCC21OCCO1. The molecular weight excluding hydrogens is 263 g/mol. The maximum absolute atomic E-state index is 13.6. The van der Waals surface area contributed by atoms with Crippen molar-refractivity contribution in [1.29, 1.82) is 0 Å². The molecule has 80 valence electrons. The van der Waals surface area contributed by atoms with E-state index < -0.39 is 5.79 Å². The van der Waals surface area contributed by atoms with Gasteiger partial charge >= 0.3 is 0 Å². The summed E-state index contributed by atoms with van der Waals surface area (Å²) >= 11 is 3.44. The zero-order chi connectivity index (χ0) is 10.5. The second kappa shape index (κ2) is 3.27. The predicted octanol–water partition coefficient (Wildman–Crippen LogP) is 2.73. The lowest BCUT2D eigenvalue weighted by atomic mass is 10.1. The normalized spacial score (nSPS) is 22.3. The fourth-order valence-corrected chi connectivity index (χ4v) is 3.08. The molecule has 1 aliphatic heterocycles. The average Bonchev–Trinajstić information content (AvgIpc) is 2.83. The van der Waals surface area contributed by atoms with E-state index in [-0.39, 0.29) is 5.82 Å². The summed E-state index contributed by atoms with van der Waals surface area (Å²) in [5, 5.41) is 0. The Kier molecular flexibility index (Phi) is 2.13. The van der Waals surface area contributed by atoms with Crippen LogP contribution in [0.15, 0.2) is 16.6 Å². The van der Waals surface area contributed by atoms with E-state index in [1.54, 1.807) is 6.07 Å². The van der Waals surface area contributed by atoms with E-state index in [2.05, 4.69) is 15.9 Å². The van der Waals surface area contributed by atoms with Gasteiger partial charge in [0.15, 0.2) is 5.79 Å². The van der Waals surface area contributed by atoms with Gasteiger partial charge in [-0.1, -0.05) is 15.9 Å². The molecule has 1 heterocycles. The van der Waals surface area contributed by atoms with E-state index in [9.17, 15) is 4.39 Å². The Labute approximate surface area is 95.5 Å². The van der Waals surface area contributed by atoms with E-state index in [1.165, 1.54) is 6.07 Å². The van der Waals surface area contributed by atoms with Crippen molar-refractivity contribution >= 4 is 15.9 Å². The number of rotatable bonds is 0. The summed E-state index contributed by atoms with van der Waals surface area (Å²) in [4.78, 5) is 0. The van der Waals surface area contributed by atoms with Crippen molar-refractivity contribution in [1.82, 2.24) is 0 Å². The summed E-state index contributed by atoms with van der Waals surface area (Å²) in [5.74, 6) is -0.847. The lowest BCUT2D eigenvalue weighted by Crippen LogP contribution is -2.24. The van der Waals surface area contributed by atoms with Crippen molar-refractivity contribution in [2.75, 3.05) is 13.2 Å². The zero-order valence-corrected chi connectivity index (χ0v) is 9.64. The highest BCUT2D eigenvalue weighted by molar-refractivity contribution is 9.10. The first-order valence-electron chi connectivity index (χ1n) is 4.98. The number of hydrogen-bond acceptors (Lipinski definition) is 2. The zero-order valence-electron chi connectivity index (χ0n) is 8.06. The molecule has 0 unspecified atom stereocenters. The summed E-state index contributed by atoms with van der Waals surface area (Å²) in [7, 11) is 0. The summed E-state index contributed by atoms with van der Waals surface area (Å²) < 4.78 is 25.7. The lowest BCUT2D eigenvalue weighted by Gasteiger charge is -2.23. The predicted molar refractivity (Wildman–Crippen MR) is 56.0 cm³/mol. The molecule has 1 fully saturated rings. The maximum atomic E-state index is 13.6. The van der Waals surface area contributed by atoms with Gasteiger partial charge in [0, 0.05) is 16.5 Å². The first-order chi connectivity index (χ1) is 7.23. The van der Waals surface area contributed by atoms with Crippen LogP contribution < -0.4 is 0 Å². The molecule has 0 amide bonds. The Morgan fingerprint density at radius 2 is 2.00 bits per heavy atom. The van der Waals surface area contributed by atoms with E-state index in [1.807, 2.05) is 0 Å². The molecule has 0 bridgehead atoms. The molecule has 1 aliphatic carbocycles. The first kappa shape index (κ1) is 9.75. The van der Waals surface area contributed by atoms with Gasteiger partial charge in [-0.25, -0.2) is 4.39 Å². The van der Waals surface area contributed by atoms with Gasteiger partial charge in [-0.2, -0.15) is 0 Å². The molecule has 2 nitrogen and oxygen atoms in total. The Bertz CT molecular complexity index is 413. The largest absolute Gasteiger partial charge is 0.343 e. The van der Waals surface area contributed by atoms with Crippen molar-refractivity contribution in [2.45, 2.75) is 18.6 Å². The quantitative estimate of drug-likeness (QED) is 0.723. The molecule has 0 radical (unpaired) electrons. The van der Waals surface area contributed by atoms with Gasteiger partial charge in [-0.3, -0.25) is 0 Å². The Morgan fingerprint density at radius 3 is 2.73 bits per heavy atom. The Balaban J connectivity index is 2.20. The average molecular weight is 273 g/mol. The molecule has 15 heavy (non-hydrogen) atoms. The number of benzene rings is 1. The number of halogens is 2. The van der Waals surface area contributed by atoms with Crippen molar-refractivity contribution in [3.05, 3.63) is 33.5 Å². The second-order valence-electron chi connectivity index (χ2n) is 3.83. The van der Waals surface area contributed by atoms with Crippen molar-refractivity contribution in [3.8, 4) is 0 Å². The monoisotopic (exact) mass is 272 g/mol. The molecule has 0 saturated carbocycles. The van der Waals surface area contributed by atoms with E-state index in [0.29, 0.717) is 26.1 Å². The van der Waals surface area contributed by atoms with Crippen LogP contribution in [0.1, 0.15) is 17.5 Å². The molecule has 0 atom stereocenters. The van der Waals surface area contributed by atoms with Crippen molar-refractivity contribution in [3.63, 3.8) is 0 Å². The minimum atomic E-state index is -0.684. The van der Waals surface area contributed by atoms with Crippen LogP contribution in [0.3, 0.4) is 0 Å². The van der Waals surface area contributed by atoms with Crippen molar-refractivity contribution in [2.24, 2.45) is 0 Å². The van der Waals surface area contributed by atoms with Gasteiger partial charge < -0.3 is 9.47 Å². The minimum Gasteiger partial charge on any atom is -0.343 e. The highest BCUT2D eigenvalue weighted by atomic mass is 79.9. The van der Waals surface area contributed by atoms with Gasteiger partial charge in [0.05, 0.1) is 13.2 Å². The number of ether oxygens (including phenoxy) is 2. The maximum Gasteiger partial charge on any atom is 0.196 e. The molecule has 4 heteroatoms. The van der Waals surface area contributed by atoms with Crippen LogP contribution in [0.25, 0.3) is 0 Å². The van der Waals surface area contributed by atoms with E-state index >= 15 is 0 Å². The number of fused-ring (bicyclic) bond motifs is 2. The lowest BCUT2D eigenvalue weighted by molar-refractivity contribution is -0.163. The van der Waals surface area contributed by atoms with E-state index in [4.69, 9.17) is 9.47 Å². The van der Waals surface area contributed by atoms with Gasteiger partial charge in [0.1, 0.15) is 5.82 Å². The van der Waals surface area contributed by atoms with Crippen LogP contribution in [0, 0.1) is 5.82 Å². The third-order valence-electron chi connectivity index (χ3n) is 3.04. The highest BCUT2D eigenvalue weighted by Gasteiger charge is 2.46. The topological polar surface area (TPSA) is 18.5 Å². The van der Waals surface area contributed by atoms with Gasteiger partial charge in [-0.15, -0.1) is 0 Å². The molecule has 0 aromatic heterocycles. The van der Waals surface area contributed by atoms with Gasteiger partial charge in [0.25, 0.3) is 0 Å². The highest BCUT2D eigenvalue weighted by Crippen LogP contribution is 2.47. The molecular formula is C11H10BrFO2. The Morgan fingerprint density at radius 1 is 1.27 bits per heavy atom. The van der Waals surface area contributed by atoms with Crippen LogP contribution in [0.4, 0.5) is 4.39 Å².